The molecule has 1 atom stereocenters. The Labute approximate surface area is 245 Å². The molecular weight excluding hydrogens is 568 g/mol. The third-order valence-electron chi connectivity index (χ3n) is 7.87. The number of likely N-dealkylation sites (tertiary alicyclic amines) is 1. The minimum atomic E-state index is -0.683. The molecule has 212 valence electrons. The number of carbonyl (C=O) groups excluding carboxylic acids is 1. The Balaban J connectivity index is 1.28. The molecule has 1 fully saturated rings. The number of amides is 1. The topological polar surface area (TPSA) is 102 Å². The lowest BCUT2D eigenvalue weighted by Crippen LogP contribution is -2.43. The zero-order valence-corrected chi connectivity index (χ0v) is 25.5. The van der Waals surface area contributed by atoms with Crippen LogP contribution in [0.15, 0.2) is 47.1 Å². The highest BCUT2D eigenvalue weighted by Gasteiger charge is 2.39. The average molecular weight is 608 g/mol. The van der Waals surface area contributed by atoms with Crippen LogP contribution in [0.1, 0.15) is 68.7 Å². The predicted octanol–water partition coefficient (Wildman–Crippen LogP) is 6.08. The highest BCUT2D eigenvalue weighted by molar-refractivity contribution is 9.10. The largest absolute Gasteiger partial charge is 0.389 e. The van der Waals surface area contributed by atoms with Crippen molar-refractivity contribution < 1.29 is 9.90 Å². The molecule has 3 aromatic rings. The summed E-state index contributed by atoms with van der Waals surface area (Å²) in [5, 5.41) is 20.1. The quantitative estimate of drug-likeness (QED) is 0.246. The number of nitrogens with one attached hydrogen (secondary N) is 3. The van der Waals surface area contributed by atoms with E-state index < -0.39 is 11.0 Å². The maximum absolute atomic E-state index is 12.5. The van der Waals surface area contributed by atoms with Gasteiger partial charge < -0.3 is 21.1 Å². The molecule has 2 aromatic carbocycles. The van der Waals surface area contributed by atoms with Gasteiger partial charge >= 0.3 is 0 Å². The van der Waals surface area contributed by atoms with E-state index in [1.807, 2.05) is 45.9 Å². The van der Waals surface area contributed by atoms with Crippen LogP contribution in [0.3, 0.4) is 0 Å². The Kier molecular flexibility index (Phi) is 7.92. The minimum absolute atomic E-state index is 0.0148. The van der Waals surface area contributed by atoms with Crippen molar-refractivity contribution in [2.75, 3.05) is 35.6 Å². The van der Waals surface area contributed by atoms with Crippen molar-refractivity contribution in [2.45, 2.75) is 70.9 Å². The summed E-state index contributed by atoms with van der Waals surface area (Å²) in [7, 11) is 0. The fourth-order valence-electron chi connectivity index (χ4n) is 5.93. The lowest BCUT2D eigenvalue weighted by atomic mass is 9.83. The highest BCUT2D eigenvalue weighted by Crippen LogP contribution is 2.40. The lowest BCUT2D eigenvalue weighted by molar-refractivity contribution is -0.119. The van der Waals surface area contributed by atoms with Crippen molar-refractivity contribution in [1.29, 1.82) is 0 Å². The Morgan fingerprint density at radius 3 is 2.80 bits per heavy atom. The summed E-state index contributed by atoms with van der Waals surface area (Å²) in [6.45, 7) is 13.0. The first-order valence-electron chi connectivity index (χ1n) is 13.9. The Bertz CT molecular complexity index is 1420. The minimum Gasteiger partial charge on any atom is -0.389 e. The van der Waals surface area contributed by atoms with Crippen LogP contribution >= 0.6 is 15.9 Å². The molecule has 1 saturated heterocycles. The number of anilines is 4. The first-order valence-corrected chi connectivity index (χ1v) is 14.7. The summed E-state index contributed by atoms with van der Waals surface area (Å²) < 4.78 is 0.763. The third kappa shape index (κ3) is 6.16. The Morgan fingerprint density at radius 1 is 1.25 bits per heavy atom. The van der Waals surface area contributed by atoms with Crippen LogP contribution in [0.5, 0.6) is 0 Å². The number of nitrogens with zero attached hydrogens (tertiary/aromatic N) is 3. The van der Waals surface area contributed by atoms with Gasteiger partial charge in [-0.05, 0) is 110 Å². The monoisotopic (exact) mass is 606 g/mol. The zero-order chi connectivity index (χ0) is 28.7. The number of β-amino-alcohol motifs (C(OH)–C–C–N with tert-alkyl or cyclic N) is 1. The second-order valence-corrected chi connectivity index (χ2v) is 13.1. The van der Waals surface area contributed by atoms with Gasteiger partial charge in [-0.15, -0.1) is 0 Å². The Morgan fingerprint density at radius 2 is 2.05 bits per heavy atom. The van der Waals surface area contributed by atoms with Crippen molar-refractivity contribution in [3.63, 3.8) is 0 Å². The van der Waals surface area contributed by atoms with Crippen LogP contribution in [0.2, 0.25) is 0 Å². The number of fused-ring (bicyclic) bond motifs is 1. The number of rotatable bonds is 8. The number of aromatic nitrogens is 2. The van der Waals surface area contributed by atoms with Gasteiger partial charge in [-0.1, -0.05) is 24.3 Å². The second-order valence-electron chi connectivity index (χ2n) is 12.2. The number of piperidine rings is 1. The van der Waals surface area contributed by atoms with Crippen molar-refractivity contribution in [2.24, 2.45) is 0 Å². The number of hydrogen-bond acceptors (Lipinski definition) is 7. The predicted molar refractivity (Wildman–Crippen MR) is 164 cm³/mol. The maximum Gasteiger partial charge on any atom is 0.234 e. The normalized spacial score (nSPS) is 18.8. The number of aliphatic hydroxyl groups is 1. The second kappa shape index (κ2) is 11.1. The molecule has 4 N–H and O–H groups in total. The zero-order valence-electron chi connectivity index (χ0n) is 23.9. The maximum atomic E-state index is 12.5. The van der Waals surface area contributed by atoms with Crippen molar-refractivity contribution in [3.05, 3.63) is 69.3 Å². The van der Waals surface area contributed by atoms with Gasteiger partial charge in [-0.2, -0.15) is 4.98 Å². The van der Waals surface area contributed by atoms with Crippen molar-refractivity contribution in [1.82, 2.24) is 14.9 Å². The number of halogens is 1. The third-order valence-corrected chi connectivity index (χ3v) is 8.45. The van der Waals surface area contributed by atoms with Gasteiger partial charge in [0.2, 0.25) is 11.9 Å². The van der Waals surface area contributed by atoms with Crippen molar-refractivity contribution >= 4 is 45.0 Å². The molecule has 0 unspecified atom stereocenters. The van der Waals surface area contributed by atoms with E-state index >= 15 is 0 Å². The summed E-state index contributed by atoms with van der Waals surface area (Å²) in [5.41, 5.74) is 5.11. The molecule has 9 heteroatoms. The van der Waals surface area contributed by atoms with Crippen LogP contribution in [-0.4, -0.2) is 51.1 Å². The van der Waals surface area contributed by atoms with Crippen LogP contribution in [0, 0.1) is 6.92 Å². The van der Waals surface area contributed by atoms with Gasteiger partial charge in [0.1, 0.15) is 5.82 Å². The summed E-state index contributed by atoms with van der Waals surface area (Å²) >= 11 is 3.57. The van der Waals surface area contributed by atoms with Crippen LogP contribution in [-0.2, 0) is 16.8 Å². The van der Waals surface area contributed by atoms with Crippen LogP contribution in [0.25, 0.3) is 0 Å². The summed E-state index contributed by atoms with van der Waals surface area (Å²) in [5.74, 6) is 1.65. The fourth-order valence-corrected chi connectivity index (χ4v) is 6.26. The van der Waals surface area contributed by atoms with Crippen LogP contribution < -0.4 is 16.0 Å². The number of hydrogen-bond donors (Lipinski definition) is 4. The van der Waals surface area contributed by atoms with E-state index in [1.54, 1.807) is 6.20 Å². The van der Waals surface area contributed by atoms with E-state index in [-0.39, 0.29) is 5.91 Å². The van der Waals surface area contributed by atoms with Gasteiger partial charge in [0.05, 0.1) is 15.5 Å². The molecule has 0 spiro atoms. The molecule has 3 heterocycles. The fraction of sp³-hybridized carbons (Fsp3) is 0.452. The van der Waals surface area contributed by atoms with E-state index in [0.29, 0.717) is 30.8 Å². The molecule has 5 rings (SSSR count). The van der Waals surface area contributed by atoms with Gasteiger partial charge in [0, 0.05) is 37.2 Å². The highest BCUT2D eigenvalue weighted by atomic mass is 79.9. The van der Waals surface area contributed by atoms with Gasteiger partial charge in [-0.3, -0.25) is 9.69 Å². The molecule has 1 amide bonds. The van der Waals surface area contributed by atoms with E-state index in [0.717, 1.165) is 58.5 Å². The summed E-state index contributed by atoms with van der Waals surface area (Å²) in [4.78, 5) is 24.1. The average Bonchev–Trinajstić information content (AvgIpc) is 3.13. The van der Waals surface area contributed by atoms with Gasteiger partial charge in [0.15, 0.2) is 0 Å². The molecule has 8 nitrogen and oxygen atoms in total. The molecule has 40 heavy (non-hydrogen) atoms. The van der Waals surface area contributed by atoms with E-state index in [9.17, 15) is 9.90 Å². The molecule has 0 aliphatic carbocycles. The Hall–Kier alpha value is -3.01. The van der Waals surface area contributed by atoms with Crippen LogP contribution in [0.4, 0.5) is 23.1 Å². The molecule has 0 bridgehead atoms. The molecule has 0 saturated carbocycles. The van der Waals surface area contributed by atoms with Gasteiger partial charge in [0.25, 0.3) is 0 Å². The number of aryl methyl sites for hydroxylation is 1. The molecule has 2 aliphatic heterocycles. The molecule has 1 aromatic heterocycles. The summed E-state index contributed by atoms with van der Waals surface area (Å²) in [6, 6.07) is 12.5. The molecule has 0 radical (unpaired) electrons. The van der Waals surface area contributed by atoms with E-state index in [1.165, 1.54) is 5.56 Å². The molecule has 2 aliphatic rings. The standard InChI is InChI=1S/C31H39BrN6O2/c1-19-14-20(22-9-7-13-38(17-22)18-30(2,3)40)11-12-24(19)36-29-34-16-23(32)27(37-29)33-15-21-8-6-10-25-26(21)31(4,5)28(39)35-25/h6,8,10-12,14,16,22,40H,7,9,13,15,17-18H2,1-5H3,(H,35,39)(H2,33,34,36,37)/t22-/m0/s1. The van der Waals surface area contributed by atoms with E-state index in [4.69, 9.17) is 4.98 Å². The smallest absolute Gasteiger partial charge is 0.234 e. The number of carbonyl (C=O) groups is 1. The number of benzene rings is 2. The van der Waals surface area contributed by atoms with Crippen molar-refractivity contribution in [3.8, 4) is 0 Å². The lowest BCUT2D eigenvalue weighted by Gasteiger charge is -2.36. The van der Waals surface area contributed by atoms with Gasteiger partial charge in [-0.25, -0.2) is 4.98 Å². The van der Waals surface area contributed by atoms with E-state index in [2.05, 4.69) is 66.9 Å². The SMILES string of the molecule is Cc1cc([C@H]2CCCN(CC(C)(C)O)C2)ccc1Nc1ncc(Br)c(NCc2cccc3c2C(C)(C)C(=O)N3)n1. The molecular formula is C31H39BrN6O2. The first kappa shape index (κ1) is 28.5. The first-order chi connectivity index (χ1) is 18.9. The summed E-state index contributed by atoms with van der Waals surface area (Å²) in [6.07, 6.45) is 4.04.